The monoisotopic (exact) mass is 532 g/mol. The van der Waals surface area contributed by atoms with Gasteiger partial charge in [-0.3, -0.25) is 0 Å². The molecule has 34 heavy (non-hydrogen) atoms. The van der Waals surface area contributed by atoms with Crippen LogP contribution in [-0.4, -0.2) is 36.3 Å². The predicted octanol–water partition coefficient (Wildman–Crippen LogP) is 8.55. The summed E-state index contributed by atoms with van der Waals surface area (Å²) in [7, 11) is 1.70. The van der Waals surface area contributed by atoms with Crippen molar-refractivity contribution in [1.82, 2.24) is 4.90 Å². The van der Waals surface area contributed by atoms with Gasteiger partial charge in [0, 0.05) is 23.8 Å². The quantitative estimate of drug-likeness (QED) is 0.165. The lowest BCUT2D eigenvalue weighted by Gasteiger charge is -2.35. The Morgan fingerprint density at radius 2 is 1.79 bits per heavy atom. The molecular weight excluding hydrogens is 505 g/mol. The molecule has 0 aliphatic heterocycles. The van der Waals surface area contributed by atoms with Gasteiger partial charge in [-0.15, -0.1) is 0 Å². The van der Waals surface area contributed by atoms with E-state index in [1.165, 1.54) is 13.0 Å². The minimum atomic E-state index is -5.00. The summed E-state index contributed by atoms with van der Waals surface area (Å²) in [6, 6.07) is 1.30. The van der Waals surface area contributed by atoms with Crippen molar-refractivity contribution in [2.45, 2.75) is 56.0 Å². The first-order chi connectivity index (χ1) is 15.6. The third-order valence-electron chi connectivity index (χ3n) is 5.22. The second-order valence-corrected chi connectivity index (χ2v) is 8.81. The Morgan fingerprint density at radius 1 is 1.21 bits per heavy atom. The molecule has 0 heterocycles. The van der Waals surface area contributed by atoms with E-state index in [0.717, 1.165) is 6.07 Å². The first-order valence-electron chi connectivity index (χ1n) is 10.3. The van der Waals surface area contributed by atoms with Gasteiger partial charge in [0.25, 0.3) is 11.6 Å². The van der Waals surface area contributed by atoms with E-state index in [-0.39, 0.29) is 42.4 Å². The van der Waals surface area contributed by atoms with Crippen LogP contribution in [0.4, 0.5) is 35.9 Å². The molecule has 1 atom stereocenters. The maximum Gasteiger partial charge on any atom is 0.365 e. The van der Waals surface area contributed by atoms with E-state index >= 15 is 4.39 Å². The van der Waals surface area contributed by atoms with Crippen molar-refractivity contribution in [3.63, 3.8) is 0 Å². The summed E-state index contributed by atoms with van der Waals surface area (Å²) in [5, 5.41) is -2.26. The number of alkyl halides is 6. The summed E-state index contributed by atoms with van der Waals surface area (Å²) in [6.07, 6.45) is 3.01. The summed E-state index contributed by atoms with van der Waals surface area (Å²) in [4.78, 5) is 1.23. The Bertz CT molecular complexity index is 897. The van der Waals surface area contributed by atoms with Crippen molar-refractivity contribution in [2.24, 2.45) is 0 Å². The van der Waals surface area contributed by atoms with Crippen molar-refractivity contribution in [3.05, 3.63) is 59.1 Å². The Morgan fingerprint density at radius 3 is 2.21 bits per heavy atom. The van der Waals surface area contributed by atoms with Crippen LogP contribution in [0.3, 0.4) is 0 Å². The van der Waals surface area contributed by atoms with Gasteiger partial charge in [0.15, 0.2) is 0 Å². The zero-order valence-electron chi connectivity index (χ0n) is 19.5. The summed E-state index contributed by atoms with van der Waals surface area (Å²) in [5.74, 6) is -5.14. The second-order valence-electron chi connectivity index (χ2n) is 7.74. The molecule has 0 fully saturated rings. The van der Waals surface area contributed by atoms with Gasteiger partial charge in [0.2, 0.25) is 0 Å². The van der Waals surface area contributed by atoms with Crippen LogP contribution >= 0.6 is 23.7 Å². The van der Waals surface area contributed by atoms with Crippen LogP contribution in [0.25, 0.3) is 0 Å². The van der Waals surface area contributed by atoms with Crippen LogP contribution in [0, 0.1) is 0 Å². The van der Waals surface area contributed by atoms with Gasteiger partial charge in [0.1, 0.15) is 5.83 Å². The molecule has 0 saturated heterocycles. The Kier molecular flexibility index (Phi) is 10.6. The van der Waals surface area contributed by atoms with E-state index in [1.807, 2.05) is 6.92 Å². The smallest absolute Gasteiger partial charge is 0.354 e. The average Bonchev–Trinajstić information content (AvgIpc) is 2.74. The number of hydrogen-bond acceptors (Lipinski definition) is 3. The molecule has 0 radical (unpaired) electrons. The first kappa shape index (κ1) is 30.4. The number of allylic oxidation sites excluding steroid dienone is 2. The van der Waals surface area contributed by atoms with E-state index in [2.05, 4.69) is 11.9 Å². The van der Waals surface area contributed by atoms with Gasteiger partial charge in [-0.25, -0.2) is 17.6 Å². The molecule has 1 N–H and O–H groups in total. The van der Waals surface area contributed by atoms with Crippen molar-refractivity contribution in [3.8, 4) is 0 Å². The molecule has 0 aliphatic carbocycles. The van der Waals surface area contributed by atoms with E-state index in [9.17, 15) is 25.8 Å². The van der Waals surface area contributed by atoms with Crippen molar-refractivity contribution >= 4 is 29.4 Å². The second kappa shape index (κ2) is 11.9. The first-order valence-corrected chi connectivity index (χ1v) is 11.4. The van der Waals surface area contributed by atoms with Crippen LogP contribution in [0.5, 0.6) is 0 Å². The summed E-state index contributed by atoms with van der Waals surface area (Å²) < 4.78 is 99.7. The molecule has 0 unspecified atom stereocenters. The number of halogens is 8. The molecule has 0 amide bonds. The van der Waals surface area contributed by atoms with Crippen LogP contribution in [0.1, 0.15) is 38.8 Å². The molecular formula is C23H28ClF7N2S. The van der Waals surface area contributed by atoms with E-state index in [1.54, 1.807) is 24.9 Å². The van der Waals surface area contributed by atoms with E-state index in [0.29, 0.717) is 12.6 Å². The summed E-state index contributed by atoms with van der Waals surface area (Å²) >= 11 is 4.29. The number of likely N-dealkylation sites (N-methyl/N-ethyl adjacent to an activating group) is 1. The van der Waals surface area contributed by atoms with E-state index < -0.39 is 45.4 Å². The van der Waals surface area contributed by atoms with Gasteiger partial charge in [-0.05, 0) is 56.2 Å². The molecule has 192 valence electrons. The maximum absolute atomic E-state index is 15.2. The average molecular weight is 533 g/mol. The van der Waals surface area contributed by atoms with Gasteiger partial charge in [0.05, 0.1) is 29.3 Å². The molecule has 0 aromatic heterocycles. The molecule has 0 spiro atoms. The molecule has 0 aliphatic rings. The lowest BCUT2D eigenvalue weighted by atomic mass is 9.88. The number of hydrogen-bond donors (Lipinski definition) is 1. The maximum atomic E-state index is 15.2. The number of anilines is 1. The lowest BCUT2D eigenvalue weighted by molar-refractivity contribution is -0.212. The number of benzene rings is 1. The third kappa shape index (κ3) is 6.51. The van der Waals surface area contributed by atoms with Crippen LogP contribution in [0.15, 0.2) is 52.9 Å². The van der Waals surface area contributed by atoms with Crippen LogP contribution in [-0.2, 0) is 12.1 Å². The van der Waals surface area contributed by atoms with Gasteiger partial charge in [-0.1, -0.05) is 32.6 Å². The fourth-order valence-corrected chi connectivity index (χ4v) is 3.90. The molecule has 2 nitrogen and oxygen atoms in total. The summed E-state index contributed by atoms with van der Waals surface area (Å²) in [5.41, 5.74) is -5.74. The van der Waals surface area contributed by atoms with Crippen molar-refractivity contribution in [1.29, 1.82) is 0 Å². The highest BCUT2D eigenvalue weighted by Gasteiger charge is 2.68. The Labute approximate surface area is 205 Å². The zero-order chi connectivity index (χ0) is 26.5. The fourth-order valence-electron chi connectivity index (χ4n) is 3.19. The largest absolute Gasteiger partial charge is 0.365 e. The highest BCUT2D eigenvalue weighted by atomic mass is 35.5. The van der Waals surface area contributed by atoms with Gasteiger partial charge < -0.3 is 10.2 Å². The summed E-state index contributed by atoms with van der Waals surface area (Å²) in [6.45, 7) is 9.29. The van der Waals surface area contributed by atoms with Crippen molar-refractivity contribution < 1.29 is 30.2 Å². The minimum absolute atomic E-state index is 0.00728. The van der Waals surface area contributed by atoms with Crippen LogP contribution < -0.4 is 5.32 Å². The molecule has 0 saturated carbocycles. The highest BCUT2D eigenvalue weighted by Crippen LogP contribution is 2.54. The lowest BCUT2D eigenvalue weighted by Crippen LogP contribution is -2.50. The molecule has 1 rings (SSSR count). The number of nitrogens with zero attached hydrogens (tertiary/aromatic N) is 1. The number of aryl methyl sites for hydroxylation is 1. The van der Waals surface area contributed by atoms with Crippen molar-refractivity contribution in [2.75, 3.05) is 25.5 Å². The standard InChI is InChI=1S/C23H28ClF7N2S/c1-7-10-17(18(25)13-33(6)9-3)14(4)32-20-15(8-2)11-16(12-19(20)34-31)22(28,21(5,26)27)23(24,29)30/h7,10-12,32H,4,8-9,13H2,1-3,5-6H3/b10-7-,18-17-/t22-/m1/s1. The number of rotatable bonds is 12. The minimum Gasteiger partial charge on any atom is -0.354 e. The van der Waals surface area contributed by atoms with Gasteiger partial charge >= 0.3 is 5.38 Å². The topological polar surface area (TPSA) is 15.3 Å². The van der Waals surface area contributed by atoms with E-state index in [4.69, 9.17) is 11.6 Å². The zero-order valence-corrected chi connectivity index (χ0v) is 21.1. The predicted molar refractivity (Wildman–Crippen MR) is 126 cm³/mol. The van der Waals surface area contributed by atoms with Crippen LogP contribution in [0.2, 0.25) is 0 Å². The normalized spacial score (nSPS) is 15.5. The molecule has 0 bridgehead atoms. The molecule has 1 aromatic carbocycles. The fraction of sp³-hybridized carbons (Fsp3) is 0.478. The molecule has 11 heteroatoms. The SMILES string of the molecule is C=C(Nc1c(CC)cc([C@@](F)(C(C)(F)F)C(F)(F)Cl)cc1SF)C(/C=C\C)=C(\F)CN(C)CC. The van der Waals surface area contributed by atoms with Gasteiger partial charge in [-0.2, -0.15) is 12.7 Å². The molecule has 1 aromatic rings. The Hall–Kier alpha value is -1.65. The highest BCUT2D eigenvalue weighted by molar-refractivity contribution is 7.94. The number of nitrogens with one attached hydrogen (secondary N) is 1. The third-order valence-corrected chi connectivity index (χ3v) is 5.96. The Balaban J connectivity index is 3.66.